The van der Waals surface area contributed by atoms with Gasteiger partial charge in [0, 0.05) is 0 Å². The van der Waals surface area contributed by atoms with Crippen LogP contribution in [0.1, 0.15) is 25.3 Å². The van der Waals surface area contributed by atoms with E-state index in [0.29, 0.717) is 11.4 Å². The molecule has 0 amide bonds. The maximum absolute atomic E-state index is 5.83. The number of nitrogen functional groups attached to an aromatic ring is 2. The summed E-state index contributed by atoms with van der Waals surface area (Å²) in [7, 11) is 0. The van der Waals surface area contributed by atoms with Crippen molar-refractivity contribution >= 4 is 11.4 Å². The number of anilines is 2. The fourth-order valence-corrected chi connectivity index (χ4v) is 2.00. The van der Waals surface area contributed by atoms with Crippen molar-refractivity contribution in [2.24, 2.45) is 0 Å². The molecule has 0 bridgehead atoms. The second kappa shape index (κ2) is 5.58. The zero-order chi connectivity index (χ0) is 13.0. The van der Waals surface area contributed by atoms with Gasteiger partial charge in [-0.1, -0.05) is 43.7 Å². The summed E-state index contributed by atoms with van der Waals surface area (Å²) in [6.07, 6.45) is 3.63. The van der Waals surface area contributed by atoms with E-state index in [1.54, 1.807) is 0 Å². The van der Waals surface area contributed by atoms with E-state index >= 15 is 0 Å². The van der Waals surface area contributed by atoms with Gasteiger partial charge in [-0.05, 0) is 41.7 Å². The highest BCUT2D eigenvalue weighted by Gasteiger charge is 2.01. The van der Waals surface area contributed by atoms with Crippen molar-refractivity contribution in [3.05, 3.63) is 48.0 Å². The summed E-state index contributed by atoms with van der Waals surface area (Å²) in [6.45, 7) is 2.21. The van der Waals surface area contributed by atoms with Crippen molar-refractivity contribution in [1.82, 2.24) is 0 Å². The quantitative estimate of drug-likeness (QED) is 0.797. The van der Waals surface area contributed by atoms with Crippen LogP contribution in [-0.4, -0.2) is 0 Å². The molecule has 94 valence electrons. The topological polar surface area (TPSA) is 52.0 Å². The molecule has 0 aliphatic rings. The number of rotatable bonds is 4. The molecule has 0 spiro atoms. The second-order valence-corrected chi connectivity index (χ2v) is 4.64. The third kappa shape index (κ3) is 2.83. The Morgan fingerprint density at radius 3 is 2.11 bits per heavy atom. The summed E-state index contributed by atoms with van der Waals surface area (Å²) in [5.74, 6) is 0. The van der Waals surface area contributed by atoms with Gasteiger partial charge in [0.15, 0.2) is 0 Å². The molecule has 2 aromatic rings. The molecule has 0 aliphatic carbocycles. The van der Waals surface area contributed by atoms with Crippen molar-refractivity contribution in [3.63, 3.8) is 0 Å². The minimum Gasteiger partial charge on any atom is -0.397 e. The van der Waals surface area contributed by atoms with Gasteiger partial charge >= 0.3 is 0 Å². The van der Waals surface area contributed by atoms with Gasteiger partial charge in [-0.25, -0.2) is 0 Å². The molecule has 0 heterocycles. The predicted molar refractivity (Wildman–Crippen MR) is 79.3 cm³/mol. The molecular weight excluding hydrogens is 220 g/mol. The Balaban J connectivity index is 2.20. The highest BCUT2D eigenvalue weighted by molar-refractivity contribution is 5.74. The minimum atomic E-state index is 0.637. The SMILES string of the molecule is CCCCc1ccc(-c2ccc(N)c(N)c2)cc1. The van der Waals surface area contributed by atoms with Crippen LogP contribution in [0.3, 0.4) is 0 Å². The van der Waals surface area contributed by atoms with Crippen molar-refractivity contribution in [2.45, 2.75) is 26.2 Å². The fraction of sp³-hybridized carbons (Fsp3) is 0.250. The van der Waals surface area contributed by atoms with Crippen LogP contribution in [0.4, 0.5) is 11.4 Å². The van der Waals surface area contributed by atoms with Gasteiger partial charge in [0.05, 0.1) is 11.4 Å². The lowest BCUT2D eigenvalue weighted by Crippen LogP contribution is -1.94. The van der Waals surface area contributed by atoms with Gasteiger partial charge in [0.1, 0.15) is 0 Å². The maximum Gasteiger partial charge on any atom is 0.0554 e. The monoisotopic (exact) mass is 240 g/mol. The first-order chi connectivity index (χ1) is 8.70. The second-order valence-electron chi connectivity index (χ2n) is 4.64. The molecule has 2 heteroatoms. The van der Waals surface area contributed by atoms with Gasteiger partial charge in [0.25, 0.3) is 0 Å². The maximum atomic E-state index is 5.83. The molecule has 0 atom stereocenters. The zero-order valence-electron chi connectivity index (χ0n) is 10.8. The summed E-state index contributed by atoms with van der Waals surface area (Å²) in [5, 5.41) is 0. The van der Waals surface area contributed by atoms with Crippen molar-refractivity contribution in [2.75, 3.05) is 11.5 Å². The normalized spacial score (nSPS) is 10.5. The fourth-order valence-electron chi connectivity index (χ4n) is 2.00. The lowest BCUT2D eigenvalue weighted by molar-refractivity contribution is 0.795. The first-order valence-corrected chi connectivity index (χ1v) is 6.45. The number of unbranched alkanes of at least 4 members (excludes halogenated alkanes) is 1. The molecule has 0 fully saturated rings. The van der Waals surface area contributed by atoms with E-state index in [-0.39, 0.29) is 0 Å². The Kier molecular flexibility index (Phi) is 3.88. The number of benzene rings is 2. The molecule has 4 N–H and O–H groups in total. The average molecular weight is 240 g/mol. The molecule has 0 saturated heterocycles. The molecule has 0 saturated carbocycles. The molecule has 2 aromatic carbocycles. The Morgan fingerprint density at radius 2 is 1.50 bits per heavy atom. The first kappa shape index (κ1) is 12.5. The highest BCUT2D eigenvalue weighted by Crippen LogP contribution is 2.25. The summed E-state index contributed by atoms with van der Waals surface area (Å²) in [5.41, 5.74) is 16.5. The Hall–Kier alpha value is -1.96. The van der Waals surface area contributed by atoms with E-state index in [2.05, 4.69) is 31.2 Å². The van der Waals surface area contributed by atoms with Gasteiger partial charge in [-0.15, -0.1) is 0 Å². The van der Waals surface area contributed by atoms with Crippen LogP contribution < -0.4 is 11.5 Å². The standard InChI is InChI=1S/C16H20N2/c1-2-3-4-12-5-7-13(8-6-12)14-9-10-15(17)16(18)11-14/h5-11H,2-4,17-18H2,1H3. The smallest absolute Gasteiger partial charge is 0.0554 e. The minimum absolute atomic E-state index is 0.637. The summed E-state index contributed by atoms with van der Waals surface area (Å²) < 4.78 is 0. The third-order valence-electron chi connectivity index (χ3n) is 3.19. The summed E-state index contributed by atoms with van der Waals surface area (Å²) in [4.78, 5) is 0. The molecule has 2 nitrogen and oxygen atoms in total. The highest BCUT2D eigenvalue weighted by atomic mass is 14.7. The summed E-state index contributed by atoms with van der Waals surface area (Å²) >= 11 is 0. The van der Waals surface area contributed by atoms with E-state index < -0.39 is 0 Å². The number of hydrogen-bond donors (Lipinski definition) is 2. The van der Waals surface area contributed by atoms with Crippen LogP contribution in [0.2, 0.25) is 0 Å². The zero-order valence-corrected chi connectivity index (χ0v) is 10.8. The van der Waals surface area contributed by atoms with E-state index in [9.17, 15) is 0 Å². The van der Waals surface area contributed by atoms with Crippen LogP contribution in [0.15, 0.2) is 42.5 Å². The van der Waals surface area contributed by atoms with Gasteiger partial charge < -0.3 is 11.5 Å². The van der Waals surface area contributed by atoms with Crippen molar-refractivity contribution < 1.29 is 0 Å². The third-order valence-corrected chi connectivity index (χ3v) is 3.19. The molecule has 18 heavy (non-hydrogen) atoms. The largest absolute Gasteiger partial charge is 0.397 e. The van der Waals surface area contributed by atoms with E-state index in [4.69, 9.17) is 11.5 Å². The van der Waals surface area contributed by atoms with E-state index in [1.165, 1.54) is 24.0 Å². The lowest BCUT2D eigenvalue weighted by atomic mass is 10.0. The van der Waals surface area contributed by atoms with E-state index in [0.717, 1.165) is 12.0 Å². The van der Waals surface area contributed by atoms with Gasteiger partial charge in [0.2, 0.25) is 0 Å². The Labute approximate surface area is 109 Å². The number of hydrogen-bond acceptors (Lipinski definition) is 2. The van der Waals surface area contributed by atoms with E-state index in [1.807, 2.05) is 18.2 Å². The summed E-state index contributed by atoms with van der Waals surface area (Å²) in [6, 6.07) is 14.5. The molecular formula is C16H20N2. The van der Waals surface area contributed by atoms with Crippen molar-refractivity contribution in [1.29, 1.82) is 0 Å². The average Bonchev–Trinajstić information content (AvgIpc) is 2.40. The molecule has 0 unspecified atom stereocenters. The Bertz CT molecular complexity index is 515. The molecule has 0 radical (unpaired) electrons. The number of nitrogens with two attached hydrogens (primary N) is 2. The molecule has 0 aromatic heterocycles. The van der Waals surface area contributed by atoms with Gasteiger partial charge in [-0.3, -0.25) is 0 Å². The van der Waals surface area contributed by atoms with Crippen LogP contribution in [0.25, 0.3) is 11.1 Å². The van der Waals surface area contributed by atoms with Crippen LogP contribution in [0.5, 0.6) is 0 Å². The van der Waals surface area contributed by atoms with Crippen molar-refractivity contribution in [3.8, 4) is 11.1 Å². The molecule has 2 rings (SSSR count). The molecule has 0 aliphatic heterocycles. The first-order valence-electron chi connectivity index (χ1n) is 6.45. The Morgan fingerprint density at radius 1 is 0.833 bits per heavy atom. The number of aryl methyl sites for hydroxylation is 1. The van der Waals surface area contributed by atoms with Gasteiger partial charge in [-0.2, -0.15) is 0 Å². The van der Waals surface area contributed by atoms with Crippen LogP contribution >= 0.6 is 0 Å². The lowest BCUT2D eigenvalue weighted by Gasteiger charge is -2.06. The van der Waals surface area contributed by atoms with Crippen LogP contribution in [-0.2, 0) is 6.42 Å². The predicted octanol–water partition coefficient (Wildman–Crippen LogP) is 3.86. The van der Waals surface area contributed by atoms with Crippen LogP contribution in [0, 0.1) is 0 Å².